The molecule has 0 amide bonds. The quantitative estimate of drug-likeness (QED) is 0.811. The summed E-state index contributed by atoms with van der Waals surface area (Å²) >= 11 is 3.72. The molecule has 21 heavy (non-hydrogen) atoms. The van der Waals surface area contributed by atoms with Crippen LogP contribution in [0.5, 0.6) is 0 Å². The van der Waals surface area contributed by atoms with Crippen LogP contribution in [0.2, 0.25) is 0 Å². The summed E-state index contributed by atoms with van der Waals surface area (Å²) in [7, 11) is 0. The third-order valence-corrected chi connectivity index (χ3v) is 5.81. The smallest absolute Gasteiger partial charge is 0.0864 e. The Morgan fingerprint density at radius 3 is 2.86 bits per heavy atom. The normalized spacial score (nSPS) is 26.6. The van der Waals surface area contributed by atoms with Crippen molar-refractivity contribution in [2.24, 2.45) is 5.92 Å². The molecular weight excluding hydrogens is 324 g/mol. The lowest BCUT2D eigenvalue weighted by Crippen LogP contribution is -2.50. The predicted molar refractivity (Wildman–Crippen MR) is 91.5 cm³/mol. The number of hydrogen-bond acceptors (Lipinski definition) is 1. The van der Waals surface area contributed by atoms with Crippen LogP contribution >= 0.6 is 15.9 Å². The van der Waals surface area contributed by atoms with Gasteiger partial charge in [0, 0.05) is 29.5 Å². The van der Waals surface area contributed by atoms with E-state index in [1.165, 1.54) is 35.9 Å². The number of benzene rings is 1. The second-order valence-electron chi connectivity index (χ2n) is 6.50. The van der Waals surface area contributed by atoms with Crippen LogP contribution in [-0.2, 0) is 6.42 Å². The monoisotopic (exact) mass is 344 g/mol. The summed E-state index contributed by atoms with van der Waals surface area (Å²) in [6, 6.07) is 9.84. The highest BCUT2D eigenvalue weighted by Gasteiger charge is 2.32. The van der Waals surface area contributed by atoms with Crippen molar-refractivity contribution in [2.75, 3.05) is 6.54 Å². The van der Waals surface area contributed by atoms with E-state index in [0.717, 1.165) is 16.9 Å². The van der Waals surface area contributed by atoms with Gasteiger partial charge >= 0.3 is 0 Å². The van der Waals surface area contributed by atoms with Gasteiger partial charge in [-0.1, -0.05) is 30.4 Å². The summed E-state index contributed by atoms with van der Waals surface area (Å²) in [6.07, 6.45) is 8.67. The van der Waals surface area contributed by atoms with E-state index in [1.807, 2.05) is 0 Å². The fraction of sp³-hybridized carbons (Fsp3) is 0.444. The molecule has 1 aromatic carbocycles. The van der Waals surface area contributed by atoms with Gasteiger partial charge in [0.05, 0.1) is 4.60 Å². The minimum absolute atomic E-state index is 0.582. The molecule has 1 aromatic heterocycles. The molecule has 1 fully saturated rings. The average Bonchev–Trinajstić information content (AvgIpc) is 2.84. The van der Waals surface area contributed by atoms with E-state index in [4.69, 9.17) is 0 Å². The van der Waals surface area contributed by atoms with Crippen LogP contribution in [0.3, 0.4) is 0 Å². The van der Waals surface area contributed by atoms with Crippen LogP contribution in [0.15, 0.2) is 41.0 Å². The highest BCUT2D eigenvalue weighted by molar-refractivity contribution is 9.10. The molecule has 110 valence electrons. The number of rotatable bonds is 3. The van der Waals surface area contributed by atoms with Crippen molar-refractivity contribution in [2.45, 2.75) is 38.3 Å². The maximum absolute atomic E-state index is 3.72. The minimum Gasteiger partial charge on any atom is -0.349 e. The van der Waals surface area contributed by atoms with Crippen molar-refractivity contribution in [1.29, 1.82) is 0 Å². The van der Waals surface area contributed by atoms with Gasteiger partial charge in [-0.2, -0.15) is 0 Å². The minimum atomic E-state index is 0.582. The van der Waals surface area contributed by atoms with E-state index in [0.29, 0.717) is 12.1 Å². The number of para-hydroxylation sites is 1. The Kier molecular flexibility index (Phi) is 3.43. The van der Waals surface area contributed by atoms with E-state index in [-0.39, 0.29) is 0 Å². The van der Waals surface area contributed by atoms with Crippen molar-refractivity contribution >= 4 is 26.8 Å². The van der Waals surface area contributed by atoms with Crippen LogP contribution in [0.4, 0.5) is 0 Å². The number of H-pyrrole nitrogens is 1. The molecule has 0 saturated carbocycles. The van der Waals surface area contributed by atoms with Gasteiger partial charge in [-0.25, -0.2) is 0 Å². The fourth-order valence-electron chi connectivity index (χ4n) is 3.98. The third kappa shape index (κ3) is 2.36. The van der Waals surface area contributed by atoms with Crippen LogP contribution in [0.25, 0.3) is 10.9 Å². The van der Waals surface area contributed by atoms with Crippen molar-refractivity contribution < 1.29 is 0 Å². The topological polar surface area (TPSA) is 19.0 Å². The molecule has 3 unspecified atom stereocenters. The molecule has 2 bridgehead atoms. The molecule has 2 aliphatic heterocycles. The Morgan fingerprint density at radius 2 is 2.14 bits per heavy atom. The molecule has 0 spiro atoms. The van der Waals surface area contributed by atoms with Gasteiger partial charge in [0.15, 0.2) is 0 Å². The molecule has 1 aliphatic carbocycles. The Balaban J connectivity index is 1.60. The first-order valence-corrected chi connectivity index (χ1v) is 8.71. The molecule has 3 heterocycles. The molecule has 1 N–H and O–H groups in total. The van der Waals surface area contributed by atoms with E-state index in [9.17, 15) is 0 Å². The number of aromatic amines is 1. The van der Waals surface area contributed by atoms with E-state index < -0.39 is 0 Å². The van der Waals surface area contributed by atoms with Crippen LogP contribution in [0.1, 0.15) is 25.3 Å². The number of nitrogens with one attached hydrogen (secondary N) is 1. The number of piperidine rings is 1. The van der Waals surface area contributed by atoms with E-state index >= 15 is 0 Å². The number of hydrogen-bond donors (Lipinski definition) is 1. The maximum atomic E-state index is 3.72. The van der Waals surface area contributed by atoms with Crippen LogP contribution < -0.4 is 0 Å². The van der Waals surface area contributed by atoms with Crippen molar-refractivity contribution in [3.05, 3.63) is 46.6 Å². The fourth-order valence-corrected chi connectivity index (χ4v) is 4.57. The summed E-state index contributed by atoms with van der Waals surface area (Å²) in [5, 5.41) is 1.36. The van der Waals surface area contributed by atoms with Crippen LogP contribution in [0, 0.1) is 5.92 Å². The van der Waals surface area contributed by atoms with Gasteiger partial charge in [0.2, 0.25) is 0 Å². The first-order valence-electron chi connectivity index (χ1n) is 7.91. The third-order valence-electron chi connectivity index (χ3n) is 5.14. The molecule has 3 atom stereocenters. The summed E-state index contributed by atoms with van der Waals surface area (Å²) in [4.78, 5) is 6.15. The zero-order valence-electron chi connectivity index (χ0n) is 12.3. The van der Waals surface area contributed by atoms with Gasteiger partial charge < -0.3 is 4.98 Å². The van der Waals surface area contributed by atoms with E-state index in [2.05, 4.69) is 69.2 Å². The van der Waals surface area contributed by atoms with Gasteiger partial charge in [0.1, 0.15) is 0 Å². The molecular formula is C18H21BrN2. The van der Waals surface area contributed by atoms with Gasteiger partial charge in [-0.15, -0.1) is 0 Å². The number of aromatic nitrogens is 1. The molecule has 2 nitrogen and oxygen atoms in total. The lowest BCUT2D eigenvalue weighted by molar-refractivity contribution is 0.0954. The largest absolute Gasteiger partial charge is 0.349 e. The Morgan fingerprint density at radius 1 is 1.29 bits per heavy atom. The Labute approximate surface area is 134 Å². The predicted octanol–water partition coefficient (Wildman–Crippen LogP) is 4.51. The molecule has 3 heteroatoms. The number of fused-ring (bicyclic) bond motifs is 3. The first-order chi connectivity index (χ1) is 10.2. The van der Waals surface area contributed by atoms with Crippen molar-refractivity contribution in [3.63, 3.8) is 0 Å². The first kappa shape index (κ1) is 13.6. The zero-order valence-corrected chi connectivity index (χ0v) is 13.9. The van der Waals surface area contributed by atoms with E-state index in [1.54, 1.807) is 0 Å². The average molecular weight is 345 g/mol. The maximum Gasteiger partial charge on any atom is 0.0864 e. The van der Waals surface area contributed by atoms with Gasteiger partial charge in [0.25, 0.3) is 0 Å². The van der Waals surface area contributed by atoms with Crippen LogP contribution in [-0.4, -0.2) is 28.5 Å². The van der Waals surface area contributed by atoms with Gasteiger partial charge in [-0.05, 0) is 59.7 Å². The Hall–Kier alpha value is -1.06. The SMILES string of the molecule is CC(Cc1c(Br)[nH]c2ccccc12)N1CC2C=CC1CC2. The highest BCUT2D eigenvalue weighted by atomic mass is 79.9. The van der Waals surface area contributed by atoms with Gasteiger partial charge in [-0.3, -0.25) is 4.90 Å². The zero-order chi connectivity index (χ0) is 14.4. The number of nitrogens with zero attached hydrogens (tertiary/aromatic N) is 1. The second kappa shape index (κ2) is 5.29. The Bertz CT molecular complexity index is 688. The molecule has 2 aromatic rings. The lowest BCUT2D eigenvalue weighted by atomic mass is 9.84. The molecule has 1 saturated heterocycles. The highest BCUT2D eigenvalue weighted by Crippen LogP contribution is 2.33. The summed E-state index contributed by atoms with van der Waals surface area (Å²) in [5.41, 5.74) is 2.65. The summed E-state index contributed by atoms with van der Waals surface area (Å²) < 4.78 is 1.15. The second-order valence-corrected chi connectivity index (χ2v) is 7.30. The lowest BCUT2D eigenvalue weighted by Gasteiger charge is -2.44. The molecule has 0 radical (unpaired) electrons. The summed E-state index contributed by atoms with van der Waals surface area (Å²) in [5.74, 6) is 0.781. The number of halogens is 1. The van der Waals surface area contributed by atoms with Crippen molar-refractivity contribution in [1.82, 2.24) is 9.88 Å². The molecule has 5 rings (SSSR count). The molecule has 3 aliphatic rings. The summed E-state index contributed by atoms with van der Waals surface area (Å²) in [6.45, 7) is 3.62. The van der Waals surface area contributed by atoms with Crippen molar-refractivity contribution in [3.8, 4) is 0 Å². The standard InChI is InChI=1S/C18H21BrN2/c1-12(21-11-13-6-8-14(21)9-7-13)10-16-15-4-2-3-5-17(15)20-18(16)19/h2-6,8,12-14,20H,7,9-11H2,1H3.